The van der Waals surface area contributed by atoms with Gasteiger partial charge in [-0.3, -0.25) is 4.79 Å². The monoisotopic (exact) mass is 535 g/mol. The van der Waals surface area contributed by atoms with Gasteiger partial charge in [0.1, 0.15) is 12.1 Å². The molecule has 1 aliphatic heterocycles. The number of likely N-dealkylation sites (tertiary alicyclic amines) is 1. The second-order valence-electron chi connectivity index (χ2n) is 9.46. The third kappa shape index (κ3) is 6.90. The standard InChI is InChI=1S/C22H24ClN3O5.C7H6/c1-13(27)19(25-22(31)24-17-9-5-8-16(23)11-17)20(28)26-12-15(10-18(26)21(29)30)14-6-3-2-4-7-14;1-2-4-7-5-6(7)3-1/h2-9,11,13,15,18-19,27H,10,12H2,1H3,(H,29,30)(H2,24,25,31);1-4H,5H2/t13?,15-,18-,19?;/m1./s1. The Kier molecular flexibility index (Phi) is 8.66. The van der Waals surface area contributed by atoms with Gasteiger partial charge in [0, 0.05) is 23.2 Å². The Morgan fingerprint density at radius 2 is 1.63 bits per heavy atom. The molecule has 38 heavy (non-hydrogen) atoms. The molecule has 0 bridgehead atoms. The number of aliphatic hydroxyl groups is 1. The van der Waals surface area contributed by atoms with E-state index in [-0.39, 0.29) is 18.9 Å². The largest absolute Gasteiger partial charge is 0.480 e. The third-order valence-corrected chi connectivity index (χ3v) is 6.87. The van der Waals surface area contributed by atoms with Gasteiger partial charge in [-0.1, -0.05) is 72.3 Å². The Hall–Kier alpha value is -3.88. The number of amides is 3. The first-order chi connectivity index (χ1) is 18.2. The van der Waals surface area contributed by atoms with Crippen molar-refractivity contribution in [2.75, 3.05) is 11.9 Å². The lowest BCUT2D eigenvalue weighted by molar-refractivity contribution is -0.149. The molecule has 1 aliphatic carbocycles. The molecule has 8 nitrogen and oxygen atoms in total. The summed E-state index contributed by atoms with van der Waals surface area (Å²) in [5.41, 5.74) is 4.41. The van der Waals surface area contributed by atoms with E-state index in [2.05, 4.69) is 34.9 Å². The summed E-state index contributed by atoms with van der Waals surface area (Å²) in [5.74, 6) is -1.93. The first-order valence-electron chi connectivity index (χ1n) is 12.4. The van der Waals surface area contributed by atoms with Crippen molar-refractivity contribution in [1.29, 1.82) is 0 Å². The highest BCUT2D eigenvalue weighted by atomic mass is 35.5. The Labute approximate surface area is 226 Å². The van der Waals surface area contributed by atoms with Crippen LogP contribution in [0.5, 0.6) is 0 Å². The molecule has 5 rings (SSSR count). The molecule has 4 atom stereocenters. The van der Waals surface area contributed by atoms with Crippen molar-refractivity contribution in [3.05, 3.63) is 101 Å². The lowest BCUT2D eigenvalue weighted by Crippen LogP contribution is -2.56. The number of fused-ring (bicyclic) bond motifs is 1. The number of hydrogen-bond donors (Lipinski definition) is 4. The normalized spacial score (nSPS) is 18.8. The minimum absolute atomic E-state index is 0.152. The number of rotatable bonds is 6. The van der Waals surface area contributed by atoms with Gasteiger partial charge in [-0.05, 0) is 54.7 Å². The van der Waals surface area contributed by atoms with Crippen LogP contribution in [-0.4, -0.2) is 57.8 Å². The number of aliphatic carboxylic acids is 1. The molecule has 1 saturated heterocycles. The van der Waals surface area contributed by atoms with E-state index in [0.717, 1.165) is 5.56 Å². The van der Waals surface area contributed by atoms with Gasteiger partial charge < -0.3 is 25.7 Å². The van der Waals surface area contributed by atoms with Crippen LogP contribution in [0.3, 0.4) is 0 Å². The molecule has 0 aromatic heterocycles. The van der Waals surface area contributed by atoms with Crippen LogP contribution < -0.4 is 10.6 Å². The lowest BCUT2D eigenvalue weighted by atomic mass is 9.96. The molecule has 3 aromatic rings. The number of halogens is 1. The number of benzene rings is 3. The molecule has 0 radical (unpaired) electrons. The fourth-order valence-electron chi connectivity index (χ4n) is 4.56. The lowest BCUT2D eigenvalue weighted by Gasteiger charge is -2.29. The van der Waals surface area contributed by atoms with E-state index in [1.165, 1.54) is 35.4 Å². The molecular weight excluding hydrogens is 506 g/mol. The summed E-state index contributed by atoms with van der Waals surface area (Å²) in [5, 5.41) is 25.2. The maximum Gasteiger partial charge on any atom is 0.326 e. The van der Waals surface area contributed by atoms with E-state index < -0.39 is 36.1 Å². The number of nitrogens with zero attached hydrogens (tertiary/aromatic N) is 1. The molecule has 0 saturated carbocycles. The van der Waals surface area contributed by atoms with E-state index in [0.29, 0.717) is 10.7 Å². The van der Waals surface area contributed by atoms with E-state index in [4.69, 9.17) is 11.6 Å². The average molecular weight is 536 g/mol. The Morgan fingerprint density at radius 1 is 0.974 bits per heavy atom. The molecule has 3 aromatic carbocycles. The van der Waals surface area contributed by atoms with Gasteiger partial charge in [-0.25, -0.2) is 9.59 Å². The van der Waals surface area contributed by atoms with Gasteiger partial charge in [-0.15, -0.1) is 0 Å². The predicted octanol–water partition coefficient (Wildman–Crippen LogP) is 4.27. The number of carbonyl (C=O) groups is 3. The van der Waals surface area contributed by atoms with Crippen LogP contribution >= 0.6 is 11.6 Å². The highest BCUT2D eigenvalue weighted by Crippen LogP contribution is 2.32. The molecule has 3 amide bonds. The minimum atomic E-state index is -1.31. The zero-order valence-corrected chi connectivity index (χ0v) is 21.6. The SMILES string of the molecule is CC(O)C(NC(=O)Nc1cccc(Cl)c1)C(=O)N1C[C@H](c2ccccc2)C[C@@H]1C(=O)O.c1ccc2c(c1)C2. The molecule has 4 N–H and O–H groups in total. The summed E-state index contributed by atoms with van der Waals surface area (Å²) in [6, 6.07) is 21.3. The van der Waals surface area contributed by atoms with Crippen LogP contribution in [0.25, 0.3) is 0 Å². The van der Waals surface area contributed by atoms with Crippen molar-refractivity contribution in [3.8, 4) is 0 Å². The van der Waals surface area contributed by atoms with E-state index in [1.54, 1.807) is 18.2 Å². The molecule has 9 heteroatoms. The van der Waals surface area contributed by atoms with Crippen molar-refractivity contribution >= 4 is 35.2 Å². The molecular formula is C29H30ClN3O5. The van der Waals surface area contributed by atoms with Gasteiger partial charge in [0.2, 0.25) is 5.91 Å². The summed E-state index contributed by atoms with van der Waals surface area (Å²) in [4.78, 5) is 38.6. The van der Waals surface area contributed by atoms with Gasteiger partial charge in [-0.2, -0.15) is 0 Å². The van der Waals surface area contributed by atoms with Gasteiger partial charge in [0.25, 0.3) is 0 Å². The molecule has 0 spiro atoms. The van der Waals surface area contributed by atoms with E-state index >= 15 is 0 Å². The highest BCUT2D eigenvalue weighted by Gasteiger charge is 2.43. The Bertz CT molecular complexity index is 1280. The van der Waals surface area contributed by atoms with E-state index in [9.17, 15) is 24.6 Å². The summed E-state index contributed by atoms with van der Waals surface area (Å²) in [6.07, 6.45) is 0.266. The van der Waals surface area contributed by atoms with Crippen molar-refractivity contribution < 1.29 is 24.6 Å². The summed E-state index contributed by atoms with van der Waals surface area (Å²) >= 11 is 5.90. The van der Waals surface area contributed by atoms with Crippen molar-refractivity contribution in [2.45, 2.75) is 43.9 Å². The second-order valence-corrected chi connectivity index (χ2v) is 9.90. The van der Waals surface area contributed by atoms with Crippen molar-refractivity contribution in [3.63, 3.8) is 0 Å². The number of nitrogens with one attached hydrogen (secondary N) is 2. The van der Waals surface area contributed by atoms with Crippen LogP contribution in [0.2, 0.25) is 5.02 Å². The van der Waals surface area contributed by atoms with Crippen LogP contribution in [0.4, 0.5) is 10.5 Å². The highest BCUT2D eigenvalue weighted by molar-refractivity contribution is 6.30. The fraction of sp³-hybridized carbons (Fsp3) is 0.276. The van der Waals surface area contributed by atoms with Crippen LogP contribution in [0.15, 0.2) is 78.9 Å². The van der Waals surface area contributed by atoms with Crippen molar-refractivity contribution in [2.24, 2.45) is 0 Å². The number of anilines is 1. The summed E-state index contributed by atoms with van der Waals surface area (Å²) in [7, 11) is 0. The first-order valence-corrected chi connectivity index (χ1v) is 12.8. The molecule has 1 fully saturated rings. The molecule has 2 aliphatic rings. The molecule has 2 unspecified atom stereocenters. The number of carboxylic acids is 1. The Morgan fingerprint density at radius 3 is 2.21 bits per heavy atom. The maximum absolute atomic E-state index is 13.2. The minimum Gasteiger partial charge on any atom is -0.480 e. The predicted molar refractivity (Wildman–Crippen MR) is 145 cm³/mol. The topological polar surface area (TPSA) is 119 Å². The van der Waals surface area contributed by atoms with Gasteiger partial charge in [0.05, 0.1) is 6.10 Å². The quantitative estimate of drug-likeness (QED) is 0.294. The number of hydrogen-bond acceptors (Lipinski definition) is 4. The second kappa shape index (κ2) is 12.1. The summed E-state index contributed by atoms with van der Waals surface area (Å²) in [6.45, 7) is 1.55. The maximum atomic E-state index is 13.2. The van der Waals surface area contributed by atoms with Crippen LogP contribution in [0, 0.1) is 0 Å². The summed E-state index contributed by atoms with van der Waals surface area (Å²) < 4.78 is 0. The number of urea groups is 1. The number of carbonyl (C=O) groups excluding carboxylic acids is 2. The number of aliphatic hydroxyl groups excluding tert-OH is 1. The number of carboxylic acid groups (broad SMARTS) is 1. The first kappa shape index (κ1) is 27.2. The molecule has 1 heterocycles. The zero-order chi connectivity index (χ0) is 27.2. The Balaban J connectivity index is 0.000000408. The van der Waals surface area contributed by atoms with Crippen LogP contribution in [0.1, 0.15) is 36.0 Å². The van der Waals surface area contributed by atoms with Crippen LogP contribution in [-0.2, 0) is 16.0 Å². The average Bonchev–Trinajstić information content (AvgIpc) is 3.55. The molecule has 198 valence electrons. The smallest absolute Gasteiger partial charge is 0.326 e. The third-order valence-electron chi connectivity index (χ3n) is 6.63. The van der Waals surface area contributed by atoms with E-state index in [1.807, 2.05) is 30.3 Å². The fourth-order valence-corrected chi connectivity index (χ4v) is 4.75. The zero-order valence-electron chi connectivity index (χ0n) is 20.9. The van der Waals surface area contributed by atoms with Gasteiger partial charge >= 0.3 is 12.0 Å². The van der Waals surface area contributed by atoms with Gasteiger partial charge in [0.15, 0.2) is 0 Å². The van der Waals surface area contributed by atoms with Crippen molar-refractivity contribution in [1.82, 2.24) is 10.2 Å².